The number of nitrogens with zero attached hydrogens (tertiary/aromatic N) is 3. The Bertz CT molecular complexity index is 1400. The van der Waals surface area contributed by atoms with Gasteiger partial charge < -0.3 is 29.3 Å². The molecule has 3 amide bonds. The molecule has 3 aliphatic heterocycles. The molecular formula is C38H54BrN3O7. The summed E-state index contributed by atoms with van der Waals surface area (Å²) in [5.74, 6) is -3.35. The van der Waals surface area contributed by atoms with Gasteiger partial charge in [0.05, 0.1) is 36.6 Å². The maximum atomic E-state index is 14.8. The van der Waals surface area contributed by atoms with Gasteiger partial charge in [-0.15, -0.1) is 13.2 Å². The molecule has 1 aromatic carbocycles. The summed E-state index contributed by atoms with van der Waals surface area (Å²) in [6.07, 6.45) is 3.36. The second-order valence-corrected chi connectivity index (χ2v) is 16.3. The van der Waals surface area contributed by atoms with E-state index in [1.807, 2.05) is 71.9 Å². The van der Waals surface area contributed by atoms with E-state index >= 15 is 0 Å². The fourth-order valence-electron chi connectivity index (χ4n) is 7.92. The molecule has 3 fully saturated rings. The fourth-order valence-corrected chi connectivity index (χ4v) is 8.87. The predicted octanol–water partition coefficient (Wildman–Crippen LogP) is 5.05. The first-order valence-corrected chi connectivity index (χ1v) is 18.3. The molecule has 0 aliphatic carbocycles. The highest BCUT2D eigenvalue weighted by Gasteiger charge is 2.77. The summed E-state index contributed by atoms with van der Waals surface area (Å²) >= 11 is 3.75. The molecule has 1 aromatic rings. The van der Waals surface area contributed by atoms with Gasteiger partial charge in [-0.1, -0.05) is 72.3 Å². The normalized spacial score (nSPS) is 27.8. The van der Waals surface area contributed by atoms with E-state index < -0.39 is 65.2 Å². The number of rotatable bonds is 15. The molecule has 49 heavy (non-hydrogen) atoms. The second kappa shape index (κ2) is 15.5. The van der Waals surface area contributed by atoms with Gasteiger partial charge in [-0.3, -0.25) is 19.2 Å². The van der Waals surface area contributed by atoms with Crippen LogP contribution in [0.1, 0.15) is 78.9 Å². The first-order chi connectivity index (χ1) is 23.0. The minimum Gasteiger partial charge on any atom is -0.455 e. The molecule has 2 bridgehead atoms. The number of likely N-dealkylation sites (tertiary alicyclic amines) is 1. The van der Waals surface area contributed by atoms with Crippen LogP contribution in [0.25, 0.3) is 0 Å². The van der Waals surface area contributed by atoms with Crippen molar-refractivity contribution < 1.29 is 33.8 Å². The second-order valence-electron chi connectivity index (χ2n) is 15.1. The van der Waals surface area contributed by atoms with Crippen LogP contribution in [0.3, 0.4) is 0 Å². The van der Waals surface area contributed by atoms with Gasteiger partial charge in [0.15, 0.2) is 0 Å². The molecule has 0 saturated carbocycles. The van der Waals surface area contributed by atoms with Crippen LogP contribution in [0.5, 0.6) is 0 Å². The third kappa shape index (κ3) is 7.40. The standard InChI is InChI=1S/C38H54BrN3O7/c1-10-12-18-28(44)40(9)24(5)31(25-16-14-13-15-17-25)48-36(47)29-30-34(45)42(26(22-43)20-23(3)4)33(38(30)21-27(39)32(29)49-38)35(46)41(19-11-2)37(6,7)8/h10-11,13-17,23-24,26-27,29-33,43H,1-2,12,18-22H2,3-9H3/t24-,26+,27?,29+,30-,31+,32+,33+,38-/m0/s1. The predicted molar refractivity (Wildman–Crippen MR) is 191 cm³/mol. The third-order valence-electron chi connectivity index (χ3n) is 10.3. The first-order valence-electron chi connectivity index (χ1n) is 17.3. The van der Waals surface area contributed by atoms with Crippen molar-refractivity contribution in [2.24, 2.45) is 17.8 Å². The number of fused-ring (bicyclic) bond motifs is 1. The Kier molecular flexibility index (Phi) is 12.2. The molecule has 4 rings (SSSR count). The molecule has 1 spiro atoms. The highest BCUT2D eigenvalue weighted by molar-refractivity contribution is 9.09. The lowest BCUT2D eigenvalue weighted by atomic mass is 9.70. The van der Waals surface area contributed by atoms with Crippen LogP contribution in [-0.4, -0.2) is 104 Å². The average molecular weight is 745 g/mol. The number of carbonyl (C=O) groups is 4. The monoisotopic (exact) mass is 743 g/mol. The summed E-state index contributed by atoms with van der Waals surface area (Å²) in [6, 6.07) is 6.97. The van der Waals surface area contributed by atoms with Gasteiger partial charge in [0, 0.05) is 30.4 Å². The van der Waals surface area contributed by atoms with Crippen LogP contribution >= 0.6 is 15.9 Å². The van der Waals surface area contributed by atoms with Gasteiger partial charge in [-0.2, -0.15) is 0 Å². The number of aliphatic hydroxyl groups excluding tert-OH is 1. The van der Waals surface area contributed by atoms with Crippen LogP contribution in [-0.2, 0) is 28.7 Å². The van der Waals surface area contributed by atoms with Crippen molar-refractivity contribution in [3.63, 3.8) is 0 Å². The van der Waals surface area contributed by atoms with E-state index in [4.69, 9.17) is 9.47 Å². The number of hydrogen-bond donors (Lipinski definition) is 1. The lowest BCUT2D eigenvalue weighted by Gasteiger charge is -2.43. The third-order valence-corrected chi connectivity index (χ3v) is 11.2. The number of ether oxygens (including phenoxy) is 2. The Labute approximate surface area is 300 Å². The van der Waals surface area contributed by atoms with Crippen molar-refractivity contribution in [2.45, 2.75) is 114 Å². The van der Waals surface area contributed by atoms with E-state index in [1.165, 1.54) is 4.90 Å². The van der Waals surface area contributed by atoms with Crippen molar-refractivity contribution in [2.75, 3.05) is 20.2 Å². The molecule has 3 saturated heterocycles. The van der Waals surface area contributed by atoms with Gasteiger partial charge in [0.25, 0.3) is 0 Å². The highest BCUT2D eigenvalue weighted by Crippen LogP contribution is 2.61. The van der Waals surface area contributed by atoms with Crippen LogP contribution in [0.15, 0.2) is 55.6 Å². The quantitative estimate of drug-likeness (QED) is 0.152. The minimum absolute atomic E-state index is 0.113. The number of esters is 1. The van der Waals surface area contributed by atoms with E-state index in [2.05, 4.69) is 29.1 Å². The van der Waals surface area contributed by atoms with Crippen LogP contribution in [0, 0.1) is 17.8 Å². The zero-order chi connectivity index (χ0) is 36.4. The first kappa shape index (κ1) is 38.8. The largest absolute Gasteiger partial charge is 0.455 e. The molecule has 3 aliphatic rings. The lowest BCUT2D eigenvalue weighted by Crippen LogP contribution is -2.62. The van der Waals surface area contributed by atoms with Crippen LogP contribution in [0.2, 0.25) is 0 Å². The number of allylic oxidation sites excluding steroid dienone is 1. The zero-order valence-electron chi connectivity index (χ0n) is 30.0. The molecule has 0 aromatic heterocycles. The molecule has 270 valence electrons. The van der Waals surface area contributed by atoms with Gasteiger partial charge in [-0.25, -0.2) is 0 Å². The SMILES string of the molecule is C=CCCC(=O)N(C)[C@@H](C)[C@@H](OC(=O)[C@H]1[C@@H]2O[C@@]3(CC2Br)[C@@H]1C(=O)N([C@@H](CO)CC(C)C)[C@@H]3C(=O)N(CC=C)C(C)(C)C)c1ccccc1. The maximum Gasteiger partial charge on any atom is 0.313 e. The van der Waals surface area contributed by atoms with E-state index in [0.29, 0.717) is 24.8 Å². The molecule has 1 N–H and O–H groups in total. The molecule has 9 atom stereocenters. The topological polar surface area (TPSA) is 117 Å². The molecule has 1 unspecified atom stereocenters. The molecule has 0 radical (unpaired) electrons. The summed E-state index contributed by atoms with van der Waals surface area (Å²) in [7, 11) is 1.69. The summed E-state index contributed by atoms with van der Waals surface area (Å²) in [4.78, 5) is 61.6. The van der Waals surface area contributed by atoms with Gasteiger partial charge in [0.2, 0.25) is 17.7 Å². The van der Waals surface area contributed by atoms with Crippen molar-refractivity contribution in [1.29, 1.82) is 0 Å². The van der Waals surface area contributed by atoms with Crippen LogP contribution in [0.4, 0.5) is 0 Å². The lowest BCUT2D eigenvalue weighted by molar-refractivity contribution is -0.165. The zero-order valence-corrected chi connectivity index (χ0v) is 31.6. The van der Waals surface area contributed by atoms with Crippen molar-refractivity contribution in [3.05, 3.63) is 61.2 Å². The Morgan fingerprint density at radius 3 is 2.37 bits per heavy atom. The number of alkyl halides is 1. The van der Waals surface area contributed by atoms with Gasteiger partial charge in [0.1, 0.15) is 17.7 Å². The van der Waals surface area contributed by atoms with Gasteiger partial charge >= 0.3 is 5.97 Å². The van der Waals surface area contributed by atoms with E-state index in [-0.39, 0.29) is 42.1 Å². The Morgan fingerprint density at radius 2 is 1.82 bits per heavy atom. The summed E-state index contributed by atoms with van der Waals surface area (Å²) < 4.78 is 13.1. The molecule has 3 heterocycles. The molecule has 11 heteroatoms. The Hall–Kier alpha value is -3.02. The summed E-state index contributed by atoms with van der Waals surface area (Å²) in [6.45, 7) is 19.1. The number of halogens is 1. The van der Waals surface area contributed by atoms with Crippen molar-refractivity contribution in [1.82, 2.24) is 14.7 Å². The number of hydrogen-bond acceptors (Lipinski definition) is 7. The van der Waals surface area contributed by atoms with Gasteiger partial charge in [-0.05, 0) is 58.4 Å². The fraction of sp³-hybridized carbons (Fsp3) is 0.632. The number of benzene rings is 1. The Morgan fingerprint density at radius 1 is 1.16 bits per heavy atom. The van der Waals surface area contributed by atoms with E-state index in [9.17, 15) is 24.3 Å². The van der Waals surface area contributed by atoms with Crippen LogP contribution < -0.4 is 0 Å². The number of aliphatic hydroxyl groups is 1. The summed E-state index contributed by atoms with van der Waals surface area (Å²) in [5.41, 5.74) is -1.23. The van der Waals surface area contributed by atoms with Crippen molar-refractivity contribution in [3.8, 4) is 0 Å². The number of amides is 3. The molecular weight excluding hydrogens is 690 g/mol. The molecule has 10 nitrogen and oxygen atoms in total. The summed E-state index contributed by atoms with van der Waals surface area (Å²) in [5, 5.41) is 10.7. The maximum absolute atomic E-state index is 14.8. The average Bonchev–Trinajstić information content (AvgIpc) is 3.65. The van der Waals surface area contributed by atoms with E-state index in [1.54, 1.807) is 29.0 Å². The number of carbonyl (C=O) groups excluding carboxylic acids is 4. The van der Waals surface area contributed by atoms with Crippen molar-refractivity contribution >= 4 is 39.6 Å². The highest BCUT2D eigenvalue weighted by atomic mass is 79.9. The smallest absolute Gasteiger partial charge is 0.313 e. The van der Waals surface area contributed by atoms with E-state index in [0.717, 1.165) is 0 Å². The Balaban J connectivity index is 1.78. The number of likely N-dealkylation sites (N-methyl/N-ethyl adjacent to an activating group) is 1. The minimum atomic E-state index is -1.32.